The second-order valence-corrected chi connectivity index (χ2v) is 6.51. The molecule has 1 heterocycles. The van der Waals surface area contributed by atoms with Gasteiger partial charge in [0.15, 0.2) is 0 Å². The van der Waals surface area contributed by atoms with Gasteiger partial charge in [-0.2, -0.15) is 31.4 Å². The lowest BCUT2D eigenvalue weighted by molar-refractivity contribution is -0.143. The molecule has 0 spiro atoms. The molecule has 0 saturated heterocycles. The van der Waals surface area contributed by atoms with Gasteiger partial charge in [0.25, 0.3) is 0 Å². The molecule has 2 N–H and O–H groups in total. The Labute approximate surface area is 155 Å². The predicted octanol–water partition coefficient (Wildman–Crippen LogP) is 4.66. The molecule has 0 radical (unpaired) electrons. The van der Waals surface area contributed by atoms with Crippen LogP contribution in [0.5, 0.6) is 0 Å². The standard InChI is InChI=1S/C17H16F6N4O/c1-27-14-4-2-3-13(12(14)8-24-27)26-15(28)25-11-6-9(16(18,19)20)5-10(7-11)17(21,22)23/h5-8,13H,2-4H2,1H3,(H2,25,26,28)/t13-/m1/s1. The second kappa shape index (κ2) is 7.02. The van der Waals surface area contributed by atoms with E-state index in [0.717, 1.165) is 24.1 Å². The van der Waals surface area contributed by atoms with E-state index in [1.165, 1.54) is 0 Å². The first-order valence-corrected chi connectivity index (χ1v) is 8.33. The number of alkyl halides is 6. The molecule has 0 aliphatic heterocycles. The van der Waals surface area contributed by atoms with Gasteiger partial charge in [0.2, 0.25) is 0 Å². The number of urea groups is 1. The van der Waals surface area contributed by atoms with Crippen LogP contribution in [0.4, 0.5) is 36.8 Å². The van der Waals surface area contributed by atoms with E-state index in [4.69, 9.17) is 0 Å². The number of aromatic nitrogens is 2. The summed E-state index contributed by atoms with van der Waals surface area (Å²) in [5.74, 6) is 0. The summed E-state index contributed by atoms with van der Waals surface area (Å²) in [6.45, 7) is 0. The minimum Gasteiger partial charge on any atom is -0.331 e. The first kappa shape index (κ1) is 20.0. The third kappa shape index (κ3) is 4.23. The molecule has 28 heavy (non-hydrogen) atoms. The SMILES string of the molecule is Cn1ncc2c1CCC[C@H]2NC(=O)Nc1cc(C(F)(F)F)cc(C(F)(F)F)c1. The first-order valence-electron chi connectivity index (χ1n) is 8.33. The maximum Gasteiger partial charge on any atom is 0.416 e. The Morgan fingerprint density at radius 2 is 1.71 bits per heavy atom. The van der Waals surface area contributed by atoms with E-state index < -0.39 is 41.2 Å². The van der Waals surface area contributed by atoms with Crippen molar-refractivity contribution in [3.8, 4) is 0 Å². The molecule has 2 aromatic rings. The number of amides is 2. The fraction of sp³-hybridized carbons (Fsp3) is 0.412. The summed E-state index contributed by atoms with van der Waals surface area (Å²) in [5.41, 5.74) is -1.88. The van der Waals surface area contributed by atoms with E-state index in [1.807, 2.05) is 0 Å². The zero-order valence-electron chi connectivity index (χ0n) is 14.6. The molecule has 0 unspecified atom stereocenters. The highest BCUT2D eigenvalue weighted by Crippen LogP contribution is 2.37. The van der Waals surface area contributed by atoms with Crippen molar-refractivity contribution in [1.82, 2.24) is 15.1 Å². The number of nitrogens with zero attached hydrogens (tertiary/aromatic N) is 2. The van der Waals surface area contributed by atoms with Crippen LogP contribution in [0.25, 0.3) is 0 Å². The molecular formula is C17H16F6N4O. The number of fused-ring (bicyclic) bond motifs is 1. The Morgan fingerprint density at radius 3 is 2.29 bits per heavy atom. The average Bonchev–Trinajstić information content (AvgIpc) is 2.95. The number of carbonyl (C=O) groups is 1. The van der Waals surface area contributed by atoms with Crippen molar-refractivity contribution < 1.29 is 31.1 Å². The number of carbonyl (C=O) groups excluding carboxylic acids is 1. The fourth-order valence-electron chi connectivity index (χ4n) is 3.21. The van der Waals surface area contributed by atoms with Gasteiger partial charge >= 0.3 is 18.4 Å². The van der Waals surface area contributed by atoms with Crippen LogP contribution in [0.15, 0.2) is 24.4 Å². The van der Waals surface area contributed by atoms with Gasteiger partial charge in [-0.05, 0) is 37.5 Å². The van der Waals surface area contributed by atoms with Crippen molar-refractivity contribution in [3.63, 3.8) is 0 Å². The number of hydrogen-bond acceptors (Lipinski definition) is 2. The molecule has 0 saturated carbocycles. The number of nitrogens with one attached hydrogen (secondary N) is 2. The van der Waals surface area contributed by atoms with Crippen LogP contribution in [0.1, 0.15) is 41.3 Å². The van der Waals surface area contributed by atoms with Crippen LogP contribution < -0.4 is 10.6 Å². The molecule has 0 fully saturated rings. The molecule has 11 heteroatoms. The molecule has 152 valence electrons. The van der Waals surface area contributed by atoms with E-state index in [1.54, 1.807) is 17.9 Å². The number of benzene rings is 1. The van der Waals surface area contributed by atoms with Gasteiger partial charge in [-0.15, -0.1) is 0 Å². The van der Waals surface area contributed by atoms with Crippen LogP contribution >= 0.6 is 0 Å². The zero-order valence-corrected chi connectivity index (χ0v) is 14.6. The van der Waals surface area contributed by atoms with Crippen molar-refractivity contribution in [2.75, 3.05) is 5.32 Å². The molecular weight excluding hydrogens is 390 g/mol. The van der Waals surface area contributed by atoms with E-state index >= 15 is 0 Å². The van der Waals surface area contributed by atoms with Crippen LogP contribution in [0.2, 0.25) is 0 Å². The molecule has 3 rings (SSSR count). The molecule has 5 nitrogen and oxygen atoms in total. The fourth-order valence-corrected chi connectivity index (χ4v) is 3.21. The Bertz CT molecular complexity index is 854. The number of hydrogen-bond donors (Lipinski definition) is 2. The van der Waals surface area contributed by atoms with Crippen molar-refractivity contribution >= 4 is 11.7 Å². The van der Waals surface area contributed by atoms with Crippen molar-refractivity contribution in [1.29, 1.82) is 0 Å². The molecule has 0 bridgehead atoms. The highest BCUT2D eigenvalue weighted by atomic mass is 19.4. The monoisotopic (exact) mass is 406 g/mol. The van der Waals surface area contributed by atoms with Gasteiger partial charge < -0.3 is 10.6 Å². The van der Waals surface area contributed by atoms with Gasteiger partial charge in [-0.1, -0.05) is 0 Å². The normalized spacial score (nSPS) is 17.2. The molecule has 1 aliphatic carbocycles. The molecule has 2 amide bonds. The van der Waals surface area contributed by atoms with E-state index in [9.17, 15) is 31.1 Å². The first-order chi connectivity index (χ1) is 12.9. The zero-order chi connectivity index (χ0) is 20.7. The minimum atomic E-state index is -4.98. The van der Waals surface area contributed by atoms with Gasteiger partial charge in [-0.3, -0.25) is 4.68 Å². The lowest BCUT2D eigenvalue weighted by Gasteiger charge is -2.24. The smallest absolute Gasteiger partial charge is 0.331 e. The predicted molar refractivity (Wildman–Crippen MR) is 87.5 cm³/mol. The lowest BCUT2D eigenvalue weighted by Crippen LogP contribution is -2.34. The topological polar surface area (TPSA) is 59.0 Å². The Morgan fingerprint density at radius 1 is 1.11 bits per heavy atom. The van der Waals surface area contributed by atoms with E-state index in [0.29, 0.717) is 18.6 Å². The van der Waals surface area contributed by atoms with Crippen molar-refractivity contribution in [3.05, 3.63) is 46.8 Å². The highest BCUT2D eigenvalue weighted by Gasteiger charge is 2.37. The summed E-state index contributed by atoms with van der Waals surface area (Å²) < 4.78 is 79.1. The number of aryl methyl sites for hydroxylation is 1. The maximum atomic E-state index is 12.9. The van der Waals surface area contributed by atoms with Crippen molar-refractivity contribution in [2.45, 2.75) is 37.7 Å². The third-order valence-corrected chi connectivity index (χ3v) is 4.53. The molecule has 1 aromatic carbocycles. The quantitative estimate of drug-likeness (QED) is 0.713. The Kier molecular flexibility index (Phi) is 5.02. The number of rotatable bonds is 2. The highest BCUT2D eigenvalue weighted by molar-refractivity contribution is 5.89. The molecule has 1 aliphatic rings. The Balaban J connectivity index is 1.81. The third-order valence-electron chi connectivity index (χ3n) is 4.53. The maximum absolute atomic E-state index is 12.9. The molecule has 1 aromatic heterocycles. The summed E-state index contributed by atoms with van der Waals surface area (Å²) >= 11 is 0. The van der Waals surface area contributed by atoms with Gasteiger partial charge in [0.1, 0.15) is 0 Å². The average molecular weight is 406 g/mol. The van der Waals surface area contributed by atoms with Gasteiger partial charge in [0.05, 0.1) is 23.4 Å². The lowest BCUT2D eigenvalue weighted by atomic mass is 9.93. The van der Waals surface area contributed by atoms with Crippen molar-refractivity contribution in [2.24, 2.45) is 7.05 Å². The second-order valence-electron chi connectivity index (χ2n) is 6.51. The summed E-state index contributed by atoms with van der Waals surface area (Å²) in [5, 5.41) is 8.77. The number of halogens is 6. The van der Waals surface area contributed by atoms with Gasteiger partial charge in [-0.25, -0.2) is 4.79 Å². The van der Waals surface area contributed by atoms with E-state index in [-0.39, 0.29) is 6.07 Å². The summed E-state index contributed by atoms with van der Waals surface area (Å²) in [6.07, 6.45) is -6.26. The van der Waals surface area contributed by atoms with Gasteiger partial charge in [0, 0.05) is 24.0 Å². The number of anilines is 1. The van der Waals surface area contributed by atoms with Crippen LogP contribution in [0, 0.1) is 0 Å². The summed E-state index contributed by atoms with van der Waals surface area (Å²) in [4.78, 5) is 12.2. The summed E-state index contributed by atoms with van der Waals surface area (Å²) in [7, 11) is 1.75. The van der Waals surface area contributed by atoms with E-state index in [2.05, 4.69) is 15.7 Å². The Hall–Kier alpha value is -2.72. The minimum absolute atomic E-state index is 0.00609. The van der Waals surface area contributed by atoms with Crippen LogP contribution in [0.3, 0.4) is 0 Å². The largest absolute Gasteiger partial charge is 0.416 e. The van der Waals surface area contributed by atoms with Crippen LogP contribution in [-0.2, 0) is 25.8 Å². The molecule has 1 atom stereocenters. The summed E-state index contributed by atoms with van der Waals surface area (Å²) in [6, 6.07) is -0.387. The van der Waals surface area contributed by atoms with Crippen LogP contribution in [-0.4, -0.2) is 15.8 Å².